The Hall–Kier alpha value is -9.34. The minimum atomic E-state index is -0.310. The number of nitrogens with one attached hydrogen (secondary N) is 2. The number of hydrogen-bond donors (Lipinski definition) is 2. The average Bonchev–Trinajstić information content (AvgIpc) is 1.62. The summed E-state index contributed by atoms with van der Waals surface area (Å²) in [5.41, 5.74) is 11.8. The van der Waals surface area contributed by atoms with E-state index in [0.29, 0.717) is 35.8 Å². The van der Waals surface area contributed by atoms with E-state index in [9.17, 15) is 0 Å². The third kappa shape index (κ3) is 20.4. The molecule has 18 rings (SSSR count). The molecular formula is C79H98B2BrCl2N25O4. The number of rotatable bonds is 19. The van der Waals surface area contributed by atoms with Crippen molar-refractivity contribution in [3.8, 4) is 56.4 Å². The highest BCUT2D eigenvalue weighted by Crippen LogP contribution is 2.38. The highest BCUT2D eigenvalue weighted by molar-refractivity contribution is 9.10. The summed E-state index contributed by atoms with van der Waals surface area (Å²) in [5.74, 6) is 3.71. The molecule has 5 fully saturated rings. The molecule has 11 aromatic heterocycles. The van der Waals surface area contributed by atoms with Gasteiger partial charge in [-0.25, -0.2) is 19.9 Å². The number of aromatic amines is 1. The predicted octanol–water partition coefficient (Wildman–Crippen LogP) is 5.76. The summed E-state index contributed by atoms with van der Waals surface area (Å²) in [7, 11) is 3.16. The largest absolute Gasteiger partial charge is 1.00 e. The molecule has 5 saturated heterocycles. The first-order valence-electron chi connectivity index (χ1n) is 38.5. The summed E-state index contributed by atoms with van der Waals surface area (Å²) in [4.78, 5) is 24.8. The Labute approximate surface area is 678 Å². The second-order valence-electron chi connectivity index (χ2n) is 31.0. The summed E-state index contributed by atoms with van der Waals surface area (Å²) < 4.78 is 35.7. The van der Waals surface area contributed by atoms with Crippen LogP contribution in [0.25, 0.3) is 67.7 Å². The van der Waals surface area contributed by atoms with Crippen LogP contribution in [0.3, 0.4) is 0 Å². The predicted molar refractivity (Wildman–Crippen MR) is 435 cm³/mol. The second-order valence-corrected chi connectivity index (χ2v) is 32.3. The van der Waals surface area contributed by atoms with Crippen LogP contribution in [0.4, 0.5) is 0 Å². The first kappa shape index (κ1) is 81.7. The molecular weight excluding hydrogens is 1540 g/mol. The van der Waals surface area contributed by atoms with E-state index in [4.69, 9.17) is 40.4 Å². The number of aromatic nitrogens is 22. The third-order valence-electron chi connectivity index (χ3n) is 21.7. The van der Waals surface area contributed by atoms with Gasteiger partial charge in [-0.1, -0.05) is 36.4 Å². The molecule has 0 unspecified atom stereocenters. The van der Waals surface area contributed by atoms with Crippen LogP contribution in [0.5, 0.6) is 0 Å². The fourth-order valence-electron chi connectivity index (χ4n) is 13.8. The number of likely N-dealkylation sites (tertiary alicyclic amines) is 3. The van der Waals surface area contributed by atoms with Gasteiger partial charge in [0.25, 0.3) is 0 Å². The molecule has 5 aliphatic rings. The lowest BCUT2D eigenvalue weighted by Gasteiger charge is -2.32. The van der Waals surface area contributed by atoms with Crippen molar-refractivity contribution in [1.82, 2.24) is 119 Å². The van der Waals surface area contributed by atoms with Crippen LogP contribution in [-0.4, -0.2) is 220 Å². The Morgan fingerprint density at radius 1 is 0.478 bits per heavy atom. The molecule has 0 amide bonds. The topological polar surface area (TPSA) is 286 Å². The van der Waals surface area contributed by atoms with E-state index in [1.165, 1.54) is 84.3 Å². The van der Waals surface area contributed by atoms with E-state index in [0.717, 1.165) is 115 Å². The Kier molecular flexibility index (Phi) is 26.3. The van der Waals surface area contributed by atoms with E-state index in [-0.39, 0.29) is 49.0 Å². The molecule has 13 aromatic rings. The van der Waals surface area contributed by atoms with Gasteiger partial charge in [0.15, 0.2) is 34.6 Å². The van der Waals surface area contributed by atoms with Crippen LogP contribution < -0.4 is 28.2 Å². The van der Waals surface area contributed by atoms with Gasteiger partial charge in [-0.15, -0.1) is 32.0 Å². The monoisotopic (exact) mass is 1630 g/mol. The lowest BCUT2D eigenvalue weighted by molar-refractivity contribution is -0.884. The van der Waals surface area contributed by atoms with Crippen molar-refractivity contribution in [3.05, 3.63) is 187 Å². The van der Waals surface area contributed by atoms with Crippen molar-refractivity contribution in [2.45, 2.75) is 142 Å². The molecule has 29 nitrogen and oxygen atoms in total. The van der Waals surface area contributed by atoms with Crippen LogP contribution in [0.1, 0.15) is 117 Å². The lowest BCUT2D eigenvalue weighted by Crippen LogP contribution is -3.10. The maximum absolute atomic E-state index is 6.06. The number of fused-ring (bicyclic) bond motifs is 2. The molecule has 5 aliphatic heterocycles. The number of alkyl halides is 1. The Morgan fingerprint density at radius 3 is 1.40 bits per heavy atom. The summed E-state index contributed by atoms with van der Waals surface area (Å²) in [6.07, 6.45) is 35.3. The van der Waals surface area contributed by atoms with Gasteiger partial charge in [-0.3, -0.25) is 23.8 Å². The lowest BCUT2D eigenvalue weighted by atomic mass is 9.82. The fourth-order valence-corrected chi connectivity index (χ4v) is 14.2. The molecule has 2 N–H and O–H groups in total. The average molecular weight is 1630 g/mol. The first-order chi connectivity index (χ1) is 54.1. The van der Waals surface area contributed by atoms with Crippen LogP contribution in [0, 0.1) is 0 Å². The van der Waals surface area contributed by atoms with E-state index >= 15 is 0 Å². The maximum atomic E-state index is 6.06. The maximum Gasteiger partial charge on any atom is 0.498 e. The van der Waals surface area contributed by atoms with Gasteiger partial charge in [0, 0.05) is 165 Å². The quantitative estimate of drug-likeness (QED) is 0.0718. The van der Waals surface area contributed by atoms with Crippen molar-refractivity contribution >= 4 is 64.0 Å². The number of halogens is 3. The molecule has 2 aromatic carbocycles. The van der Waals surface area contributed by atoms with Crippen molar-refractivity contribution < 1.29 is 35.9 Å². The minimum Gasteiger partial charge on any atom is -1.00 e. The number of quaternary nitrogens is 1. The molecule has 0 atom stereocenters. The number of benzene rings is 2. The number of H-pyrrole nitrogens is 1. The Morgan fingerprint density at radius 2 is 0.938 bits per heavy atom. The van der Waals surface area contributed by atoms with Crippen LogP contribution in [0.15, 0.2) is 164 Å². The van der Waals surface area contributed by atoms with Gasteiger partial charge in [-0.2, -0.15) is 44.7 Å². The molecule has 0 radical (unpaired) electrons. The van der Waals surface area contributed by atoms with Gasteiger partial charge >= 0.3 is 14.2 Å². The zero-order valence-corrected chi connectivity index (χ0v) is 69.0. The highest BCUT2D eigenvalue weighted by atomic mass is 79.9. The number of aryl methyl sites for hydroxylation is 2. The first-order valence-corrected chi connectivity index (χ1v) is 39.9. The van der Waals surface area contributed by atoms with Crippen LogP contribution in [-0.2, 0) is 58.6 Å². The summed E-state index contributed by atoms with van der Waals surface area (Å²) >= 11 is 8.92. The van der Waals surface area contributed by atoms with Gasteiger partial charge in [0.05, 0.1) is 95.5 Å². The van der Waals surface area contributed by atoms with Crippen molar-refractivity contribution in [1.29, 1.82) is 0 Å². The number of nitrogens with zero attached hydrogens (tertiary/aromatic N) is 23. The molecule has 16 heterocycles. The summed E-state index contributed by atoms with van der Waals surface area (Å²) in [6, 6.07) is 24.0. The SMILES string of the molecule is CC1(C)OB(c2cn[nH]c2)OC1(C)C.CC1(C)OB(c2cnn(CCN3CCCC3)c2)OC1(C)C.ClCC[NH+]1CCCC1.Cn1cc(-c2ccc3nnc(Cc4cccc(-c5ncc(-c6cnn(CCN7CCCC7)c6)cn5)c4)n3n2)cn1.Cn1cc(-c2ccc3nnc(Cc4cccc(-c5ncc(Br)cn5)c4)n3n2)cn1.[Cl-]. The van der Waals surface area contributed by atoms with Crippen molar-refractivity contribution in [2.75, 3.05) is 64.8 Å². The highest BCUT2D eigenvalue weighted by Gasteiger charge is 2.53. The van der Waals surface area contributed by atoms with Crippen molar-refractivity contribution in [2.24, 2.45) is 14.1 Å². The van der Waals surface area contributed by atoms with E-state index in [1.807, 2.05) is 143 Å². The Bertz CT molecular complexity index is 5170. The van der Waals surface area contributed by atoms with E-state index in [1.54, 1.807) is 60.5 Å². The summed E-state index contributed by atoms with van der Waals surface area (Å²) in [5, 5.41) is 50.9. The zero-order valence-electron chi connectivity index (χ0n) is 65.9. The Balaban J connectivity index is 0.000000134. The van der Waals surface area contributed by atoms with Gasteiger partial charge < -0.3 is 45.7 Å². The van der Waals surface area contributed by atoms with Crippen molar-refractivity contribution in [3.63, 3.8) is 0 Å². The van der Waals surface area contributed by atoms with Crippen LogP contribution in [0.2, 0.25) is 0 Å². The molecule has 0 bridgehead atoms. The van der Waals surface area contributed by atoms with Gasteiger partial charge in [-0.05, 0) is 171 Å². The molecule has 0 spiro atoms. The van der Waals surface area contributed by atoms with E-state index in [2.05, 4.69) is 155 Å². The van der Waals surface area contributed by atoms with E-state index < -0.39 is 0 Å². The molecule has 113 heavy (non-hydrogen) atoms. The van der Waals surface area contributed by atoms with Gasteiger partial charge in [0.1, 0.15) is 0 Å². The third-order valence-corrected chi connectivity index (χ3v) is 22.3. The molecule has 0 saturated carbocycles. The number of hydrogen-bond acceptors (Lipinski definition) is 21. The zero-order chi connectivity index (χ0) is 78.0. The van der Waals surface area contributed by atoms with Gasteiger partial charge in [0.2, 0.25) is 0 Å². The summed E-state index contributed by atoms with van der Waals surface area (Å²) in [6.45, 7) is 29.1. The minimum absolute atomic E-state index is 0. The van der Waals surface area contributed by atoms with Crippen LogP contribution >= 0.6 is 27.5 Å². The molecule has 34 heteroatoms. The second kappa shape index (κ2) is 36.4. The smallest absolute Gasteiger partial charge is 0.498 e. The standard InChI is InChI=1S/C29H29N11.C20H15BrN8.C15H26BN3O2.C9H15BN2O2.C6H12ClN.ClH/c1-37-19-25(18-32-37)26-7-8-27-34-35-28(40(27)36-26)14-21-5-4-6-22(13-21)29-30-15-23(16-31-29)24-17-33-39(20-24)12-11-38-9-2-3-10-38;1-28-12-15(9-24-28)17-5-6-18-25-26-19(29(18)27-17)8-13-3-2-4-14(7-13)20-22-10-16(21)11-23-20;1-14(2)15(3,4)21-16(20-14)13-11-17-19(12-13)10-9-18-7-5-6-8-18;1-8(2)9(3,4)14-10(13-8)7-5-11-12-6-7;7-3-6-8-4-1-2-5-8;/h4-8,13,15-20H,2-3,9-12,14H2,1H3;2-7,9-12H,8H2,1H3;11-12H,5-10H2,1-4H3;5-6H,1-4H3,(H,11,12);1-6H2;1H. The molecule has 590 valence electrons. The normalized spacial score (nSPS) is 17.0. The fraction of sp³-hybridized carbons (Fsp3) is 0.430. The molecule has 0 aliphatic carbocycles.